The summed E-state index contributed by atoms with van der Waals surface area (Å²) in [5.41, 5.74) is 7.10. The van der Waals surface area contributed by atoms with E-state index in [0.717, 1.165) is 12.0 Å². The highest BCUT2D eigenvalue weighted by atomic mass is 16.2. The van der Waals surface area contributed by atoms with Crippen LogP contribution < -0.4 is 5.73 Å². The van der Waals surface area contributed by atoms with Gasteiger partial charge in [0.05, 0.1) is 6.04 Å². The van der Waals surface area contributed by atoms with Gasteiger partial charge in [-0.15, -0.1) is 0 Å². The molecule has 0 aliphatic rings. The Kier molecular flexibility index (Phi) is 5.86. The third-order valence-corrected chi connectivity index (χ3v) is 2.95. The van der Waals surface area contributed by atoms with Gasteiger partial charge in [-0.1, -0.05) is 44.2 Å². The van der Waals surface area contributed by atoms with E-state index in [0.29, 0.717) is 19.0 Å². The van der Waals surface area contributed by atoms with Crippen LogP contribution in [0.2, 0.25) is 0 Å². The molecule has 100 valence electrons. The molecule has 1 rings (SSSR count). The van der Waals surface area contributed by atoms with Crippen molar-refractivity contribution in [2.45, 2.75) is 39.8 Å². The zero-order valence-electron chi connectivity index (χ0n) is 11.6. The summed E-state index contributed by atoms with van der Waals surface area (Å²) in [4.78, 5) is 14.0. The highest BCUT2D eigenvalue weighted by Crippen LogP contribution is 2.09. The summed E-state index contributed by atoms with van der Waals surface area (Å²) in [6.45, 7) is 7.49. The Hall–Kier alpha value is -1.35. The van der Waals surface area contributed by atoms with E-state index in [9.17, 15) is 4.79 Å². The maximum absolute atomic E-state index is 12.2. The van der Waals surface area contributed by atoms with Crippen molar-refractivity contribution < 1.29 is 4.79 Å². The zero-order chi connectivity index (χ0) is 13.5. The molecule has 0 unspecified atom stereocenters. The minimum absolute atomic E-state index is 0.0510. The Labute approximate surface area is 110 Å². The van der Waals surface area contributed by atoms with Gasteiger partial charge in [0.25, 0.3) is 0 Å². The zero-order valence-corrected chi connectivity index (χ0v) is 11.6. The summed E-state index contributed by atoms with van der Waals surface area (Å²) in [6, 6.07) is 9.64. The van der Waals surface area contributed by atoms with E-state index < -0.39 is 0 Å². The molecule has 18 heavy (non-hydrogen) atoms. The lowest BCUT2D eigenvalue weighted by atomic mass is 10.0. The monoisotopic (exact) mass is 248 g/mol. The van der Waals surface area contributed by atoms with Gasteiger partial charge < -0.3 is 10.6 Å². The van der Waals surface area contributed by atoms with Crippen LogP contribution in [-0.2, 0) is 11.3 Å². The van der Waals surface area contributed by atoms with Crippen molar-refractivity contribution in [1.82, 2.24) is 4.90 Å². The molecule has 0 aromatic heterocycles. The average Bonchev–Trinajstić information content (AvgIpc) is 2.35. The maximum Gasteiger partial charge on any atom is 0.239 e. The molecule has 0 saturated heterocycles. The van der Waals surface area contributed by atoms with E-state index in [1.165, 1.54) is 0 Å². The van der Waals surface area contributed by atoms with Gasteiger partial charge in [-0.2, -0.15) is 0 Å². The number of hydrogen-bond donors (Lipinski definition) is 1. The third kappa shape index (κ3) is 4.49. The summed E-state index contributed by atoms with van der Waals surface area (Å²) in [6.07, 6.45) is 0.740. The lowest BCUT2D eigenvalue weighted by Crippen LogP contribution is -2.43. The first-order valence-electron chi connectivity index (χ1n) is 6.62. The second kappa shape index (κ2) is 7.17. The molecule has 1 aromatic carbocycles. The molecule has 1 atom stereocenters. The predicted octanol–water partition coefficient (Wildman–Crippen LogP) is 2.41. The summed E-state index contributed by atoms with van der Waals surface area (Å²) in [5, 5.41) is 0. The molecular formula is C15H24N2O. The number of likely N-dealkylation sites (N-methyl/N-ethyl adjacent to an activating group) is 1. The minimum Gasteiger partial charge on any atom is -0.337 e. The Morgan fingerprint density at radius 3 is 2.39 bits per heavy atom. The van der Waals surface area contributed by atoms with E-state index in [-0.39, 0.29) is 11.9 Å². The molecule has 0 bridgehead atoms. The van der Waals surface area contributed by atoms with Gasteiger partial charge in [0, 0.05) is 13.1 Å². The summed E-state index contributed by atoms with van der Waals surface area (Å²) < 4.78 is 0. The Balaban J connectivity index is 2.63. The highest BCUT2D eigenvalue weighted by molar-refractivity contribution is 5.81. The SMILES string of the molecule is CCN(Cc1ccccc1)C(=O)[C@@H](N)CC(C)C. The van der Waals surface area contributed by atoms with Crippen LogP contribution >= 0.6 is 0 Å². The van der Waals surface area contributed by atoms with Gasteiger partial charge in [-0.3, -0.25) is 4.79 Å². The molecule has 1 amide bonds. The fourth-order valence-electron chi connectivity index (χ4n) is 1.99. The summed E-state index contributed by atoms with van der Waals surface area (Å²) in [5.74, 6) is 0.495. The van der Waals surface area contributed by atoms with Crippen molar-refractivity contribution in [2.24, 2.45) is 11.7 Å². The van der Waals surface area contributed by atoms with Crippen LogP contribution in [0, 0.1) is 5.92 Å². The number of carbonyl (C=O) groups is 1. The van der Waals surface area contributed by atoms with Crippen LogP contribution in [0.5, 0.6) is 0 Å². The molecule has 0 heterocycles. The first kappa shape index (κ1) is 14.7. The summed E-state index contributed by atoms with van der Waals surface area (Å²) >= 11 is 0. The van der Waals surface area contributed by atoms with Crippen LogP contribution in [0.15, 0.2) is 30.3 Å². The highest BCUT2D eigenvalue weighted by Gasteiger charge is 2.20. The number of hydrogen-bond acceptors (Lipinski definition) is 2. The van der Waals surface area contributed by atoms with E-state index in [4.69, 9.17) is 5.73 Å². The standard InChI is InChI=1S/C15H24N2O/c1-4-17(11-13-8-6-5-7-9-13)15(18)14(16)10-12(2)3/h5-9,12,14H,4,10-11,16H2,1-3H3/t14-/m0/s1. The largest absolute Gasteiger partial charge is 0.337 e. The number of nitrogens with zero attached hydrogens (tertiary/aromatic N) is 1. The number of amides is 1. The molecule has 0 saturated carbocycles. The second-order valence-corrected chi connectivity index (χ2v) is 5.07. The minimum atomic E-state index is -0.381. The lowest BCUT2D eigenvalue weighted by Gasteiger charge is -2.25. The number of benzene rings is 1. The maximum atomic E-state index is 12.2. The van der Waals surface area contributed by atoms with Crippen LogP contribution in [-0.4, -0.2) is 23.4 Å². The normalized spacial score (nSPS) is 12.5. The Morgan fingerprint density at radius 1 is 1.28 bits per heavy atom. The van der Waals surface area contributed by atoms with Crippen molar-refractivity contribution in [3.8, 4) is 0 Å². The van der Waals surface area contributed by atoms with Gasteiger partial charge in [0.2, 0.25) is 5.91 Å². The van der Waals surface area contributed by atoms with Gasteiger partial charge in [-0.05, 0) is 24.8 Å². The molecule has 0 aliphatic carbocycles. The quantitative estimate of drug-likeness (QED) is 0.840. The molecule has 3 nitrogen and oxygen atoms in total. The molecular weight excluding hydrogens is 224 g/mol. The lowest BCUT2D eigenvalue weighted by molar-refractivity contribution is -0.133. The fraction of sp³-hybridized carbons (Fsp3) is 0.533. The van der Waals surface area contributed by atoms with Crippen LogP contribution in [0.25, 0.3) is 0 Å². The van der Waals surface area contributed by atoms with Crippen molar-refractivity contribution in [1.29, 1.82) is 0 Å². The first-order valence-corrected chi connectivity index (χ1v) is 6.62. The average molecular weight is 248 g/mol. The van der Waals surface area contributed by atoms with Crippen LogP contribution in [0.4, 0.5) is 0 Å². The van der Waals surface area contributed by atoms with Crippen molar-refractivity contribution in [3.63, 3.8) is 0 Å². The first-order chi connectivity index (χ1) is 8.54. The Bertz CT molecular complexity index is 362. The number of rotatable bonds is 6. The van der Waals surface area contributed by atoms with Gasteiger partial charge in [0.1, 0.15) is 0 Å². The van der Waals surface area contributed by atoms with Crippen LogP contribution in [0.3, 0.4) is 0 Å². The van der Waals surface area contributed by atoms with Gasteiger partial charge >= 0.3 is 0 Å². The summed E-state index contributed by atoms with van der Waals surface area (Å²) in [7, 11) is 0. The fourth-order valence-corrected chi connectivity index (χ4v) is 1.99. The molecule has 3 heteroatoms. The molecule has 0 spiro atoms. The van der Waals surface area contributed by atoms with Gasteiger partial charge in [0.15, 0.2) is 0 Å². The van der Waals surface area contributed by atoms with E-state index in [1.807, 2.05) is 42.2 Å². The molecule has 1 aromatic rings. The van der Waals surface area contributed by atoms with Crippen LogP contribution in [0.1, 0.15) is 32.8 Å². The second-order valence-electron chi connectivity index (χ2n) is 5.07. The smallest absolute Gasteiger partial charge is 0.239 e. The Morgan fingerprint density at radius 2 is 1.89 bits per heavy atom. The molecule has 0 radical (unpaired) electrons. The van der Waals surface area contributed by atoms with E-state index >= 15 is 0 Å². The molecule has 2 N–H and O–H groups in total. The van der Waals surface area contributed by atoms with E-state index in [1.54, 1.807) is 0 Å². The van der Waals surface area contributed by atoms with Gasteiger partial charge in [-0.25, -0.2) is 0 Å². The topological polar surface area (TPSA) is 46.3 Å². The van der Waals surface area contributed by atoms with E-state index in [2.05, 4.69) is 13.8 Å². The predicted molar refractivity (Wildman–Crippen MR) is 75.0 cm³/mol. The number of nitrogens with two attached hydrogens (primary N) is 1. The van der Waals surface area contributed by atoms with Crippen molar-refractivity contribution in [2.75, 3.05) is 6.54 Å². The molecule has 0 fully saturated rings. The third-order valence-electron chi connectivity index (χ3n) is 2.95. The number of carbonyl (C=O) groups excluding carboxylic acids is 1. The van der Waals surface area contributed by atoms with Crippen molar-refractivity contribution >= 4 is 5.91 Å². The van der Waals surface area contributed by atoms with Crippen molar-refractivity contribution in [3.05, 3.63) is 35.9 Å². The molecule has 0 aliphatic heterocycles.